The van der Waals surface area contributed by atoms with E-state index in [4.69, 9.17) is 0 Å². The molecule has 0 radical (unpaired) electrons. The summed E-state index contributed by atoms with van der Waals surface area (Å²) in [6, 6.07) is 6.84. The van der Waals surface area contributed by atoms with E-state index in [9.17, 15) is 0 Å². The van der Waals surface area contributed by atoms with E-state index in [1.807, 2.05) is 0 Å². The van der Waals surface area contributed by atoms with Crippen molar-refractivity contribution in [1.29, 1.82) is 0 Å². The summed E-state index contributed by atoms with van der Waals surface area (Å²) >= 11 is 7.10. The van der Waals surface area contributed by atoms with E-state index < -0.39 is 0 Å². The molecule has 80 valence electrons. The van der Waals surface area contributed by atoms with Crippen LogP contribution in [-0.2, 0) is 0 Å². The molecule has 4 heteroatoms. The Morgan fingerprint density at radius 3 is 2.80 bits per heavy atom. The van der Waals surface area contributed by atoms with Crippen LogP contribution in [0.4, 0.5) is 0 Å². The van der Waals surface area contributed by atoms with Gasteiger partial charge in [0.05, 0.1) is 6.04 Å². The van der Waals surface area contributed by atoms with Crippen molar-refractivity contribution in [2.75, 3.05) is 6.54 Å². The molecule has 1 unspecified atom stereocenters. The molecule has 15 heavy (non-hydrogen) atoms. The highest BCUT2D eigenvalue weighted by Gasteiger charge is 2.15. The molecule has 2 heterocycles. The zero-order chi connectivity index (χ0) is 10.7. The predicted octanol–water partition coefficient (Wildman–Crippen LogP) is 4.27. The Balaban J connectivity index is 2.27. The second kappa shape index (κ2) is 5.25. The van der Waals surface area contributed by atoms with E-state index in [0.717, 1.165) is 6.54 Å². The lowest BCUT2D eigenvalue weighted by Gasteiger charge is -2.14. The lowest BCUT2D eigenvalue weighted by Crippen LogP contribution is -2.19. The summed E-state index contributed by atoms with van der Waals surface area (Å²) in [5.41, 5.74) is 0. The third kappa shape index (κ3) is 2.69. The monoisotopic (exact) mass is 301 g/mol. The highest BCUT2D eigenvalue weighted by Crippen LogP contribution is 2.32. The van der Waals surface area contributed by atoms with Gasteiger partial charge in [0.1, 0.15) is 0 Å². The molecule has 0 aliphatic rings. The zero-order valence-electron chi connectivity index (χ0n) is 8.37. The third-order valence-electron chi connectivity index (χ3n) is 2.11. The first-order chi connectivity index (χ1) is 7.31. The number of hydrogen-bond acceptors (Lipinski definition) is 3. The number of nitrogens with one attached hydrogen (secondary N) is 1. The van der Waals surface area contributed by atoms with E-state index in [2.05, 4.69) is 57.1 Å². The Labute approximate surface area is 106 Å². The first-order valence-corrected chi connectivity index (χ1v) is 7.37. The number of rotatable bonds is 4. The van der Waals surface area contributed by atoms with E-state index in [1.165, 1.54) is 14.2 Å². The van der Waals surface area contributed by atoms with Gasteiger partial charge in [0, 0.05) is 19.6 Å². The fourth-order valence-electron chi connectivity index (χ4n) is 1.48. The minimum atomic E-state index is 0.353. The maximum absolute atomic E-state index is 3.51. The Morgan fingerprint density at radius 1 is 1.40 bits per heavy atom. The van der Waals surface area contributed by atoms with Gasteiger partial charge in [0.2, 0.25) is 0 Å². The molecule has 2 aromatic heterocycles. The average Bonchev–Trinajstić information content (AvgIpc) is 2.85. The van der Waals surface area contributed by atoms with E-state index in [1.54, 1.807) is 22.7 Å². The van der Waals surface area contributed by atoms with E-state index in [0.29, 0.717) is 6.04 Å². The number of halogens is 1. The molecule has 0 saturated heterocycles. The molecule has 0 spiro atoms. The molecule has 0 aromatic carbocycles. The van der Waals surface area contributed by atoms with Crippen LogP contribution in [0.5, 0.6) is 0 Å². The normalized spacial score (nSPS) is 12.9. The van der Waals surface area contributed by atoms with Gasteiger partial charge in [-0.3, -0.25) is 0 Å². The molecule has 1 atom stereocenters. The quantitative estimate of drug-likeness (QED) is 0.889. The fraction of sp³-hybridized carbons (Fsp3) is 0.273. The van der Waals surface area contributed by atoms with Gasteiger partial charge >= 0.3 is 0 Å². The standard InChI is InChI=1S/C11H12BrNS2/c1-2-13-11(9-4-3-5-14-9)10-6-8(12)7-15-10/h3-7,11,13H,2H2,1H3. The summed E-state index contributed by atoms with van der Waals surface area (Å²) in [5.74, 6) is 0. The van der Waals surface area contributed by atoms with Crippen LogP contribution in [0.1, 0.15) is 22.7 Å². The van der Waals surface area contributed by atoms with Gasteiger partial charge < -0.3 is 5.32 Å². The Hall–Kier alpha value is -0.160. The maximum atomic E-state index is 3.51. The maximum Gasteiger partial charge on any atom is 0.0765 e. The molecule has 0 fully saturated rings. The first-order valence-electron chi connectivity index (χ1n) is 4.82. The predicted molar refractivity (Wildman–Crippen MR) is 71.9 cm³/mol. The highest BCUT2D eigenvalue weighted by molar-refractivity contribution is 9.10. The van der Waals surface area contributed by atoms with Crippen molar-refractivity contribution in [2.45, 2.75) is 13.0 Å². The van der Waals surface area contributed by atoms with Gasteiger partial charge in [-0.1, -0.05) is 13.0 Å². The SMILES string of the molecule is CCNC(c1cccs1)c1cc(Br)cs1. The van der Waals surface area contributed by atoms with Crippen LogP contribution in [0.15, 0.2) is 33.4 Å². The largest absolute Gasteiger partial charge is 0.305 e. The number of hydrogen-bond donors (Lipinski definition) is 1. The lowest BCUT2D eigenvalue weighted by molar-refractivity contribution is 0.648. The smallest absolute Gasteiger partial charge is 0.0765 e. The van der Waals surface area contributed by atoms with Crippen molar-refractivity contribution >= 4 is 38.6 Å². The molecule has 0 aliphatic heterocycles. The fourth-order valence-corrected chi connectivity index (χ4v) is 3.91. The molecule has 2 rings (SSSR count). The Bertz CT molecular complexity index is 408. The van der Waals surface area contributed by atoms with Gasteiger partial charge in [-0.15, -0.1) is 22.7 Å². The molecule has 0 aliphatic carbocycles. The second-order valence-electron chi connectivity index (χ2n) is 3.17. The molecule has 0 saturated carbocycles. The lowest BCUT2D eigenvalue weighted by atomic mass is 10.2. The topological polar surface area (TPSA) is 12.0 Å². The molecule has 2 aromatic rings. The van der Waals surface area contributed by atoms with Crippen LogP contribution in [0, 0.1) is 0 Å². The third-order valence-corrected chi connectivity index (χ3v) is 4.80. The van der Waals surface area contributed by atoms with Crippen LogP contribution in [0.3, 0.4) is 0 Å². The van der Waals surface area contributed by atoms with Crippen LogP contribution >= 0.6 is 38.6 Å². The van der Waals surface area contributed by atoms with Crippen LogP contribution in [0.2, 0.25) is 0 Å². The van der Waals surface area contributed by atoms with Gasteiger partial charge in [-0.25, -0.2) is 0 Å². The summed E-state index contributed by atoms with van der Waals surface area (Å²) in [4.78, 5) is 2.75. The molecular weight excluding hydrogens is 290 g/mol. The van der Waals surface area contributed by atoms with Crippen molar-refractivity contribution in [3.05, 3.63) is 43.2 Å². The van der Waals surface area contributed by atoms with Crippen LogP contribution in [0.25, 0.3) is 0 Å². The van der Waals surface area contributed by atoms with Gasteiger partial charge in [0.25, 0.3) is 0 Å². The van der Waals surface area contributed by atoms with Crippen LogP contribution in [-0.4, -0.2) is 6.54 Å². The molecule has 0 bridgehead atoms. The summed E-state index contributed by atoms with van der Waals surface area (Å²) in [7, 11) is 0. The summed E-state index contributed by atoms with van der Waals surface area (Å²) in [6.07, 6.45) is 0. The summed E-state index contributed by atoms with van der Waals surface area (Å²) in [6.45, 7) is 3.13. The Morgan fingerprint density at radius 2 is 2.27 bits per heavy atom. The Kier molecular flexibility index (Phi) is 3.97. The van der Waals surface area contributed by atoms with E-state index in [-0.39, 0.29) is 0 Å². The molecular formula is C11H12BrNS2. The second-order valence-corrected chi connectivity index (χ2v) is 6.01. The van der Waals surface area contributed by atoms with E-state index >= 15 is 0 Å². The minimum absolute atomic E-state index is 0.353. The van der Waals surface area contributed by atoms with Crippen molar-refractivity contribution in [2.24, 2.45) is 0 Å². The van der Waals surface area contributed by atoms with Crippen molar-refractivity contribution in [3.63, 3.8) is 0 Å². The van der Waals surface area contributed by atoms with Crippen molar-refractivity contribution in [3.8, 4) is 0 Å². The van der Waals surface area contributed by atoms with Crippen LogP contribution < -0.4 is 5.32 Å². The zero-order valence-corrected chi connectivity index (χ0v) is 11.6. The molecule has 1 nitrogen and oxygen atoms in total. The van der Waals surface area contributed by atoms with Gasteiger partial charge in [-0.05, 0) is 40.0 Å². The van der Waals surface area contributed by atoms with Gasteiger partial charge in [-0.2, -0.15) is 0 Å². The van der Waals surface area contributed by atoms with Crippen molar-refractivity contribution in [1.82, 2.24) is 5.32 Å². The summed E-state index contributed by atoms with van der Waals surface area (Å²) in [5, 5.41) is 7.77. The first kappa shape index (κ1) is 11.3. The van der Waals surface area contributed by atoms with Gasteiger partial charge in [0.15, 0.2) is 0 Å². The van der Waals surface area contributed by atoms with Crippen molar-refractivity contribution < 1.29 is 0 Å². The molecule has 0 amide bonds. The average molecular weight is 302 g/mol. The molecule has 1 N–H and O–H groups in total. The summed E-state index contributed by atoms with van der Waals surface area (Å²) < 4.78 is 1.17. The number of thiophene rings is 2. The minimum Gasteiger partial charge on any atom is -0.305 e. The highest BCUT2D eigenvalue weighted by atomic mass is 79.9.